The van der Waals surface area contributed by atoms with Crippen LogP contribution < -0.4 is 0 Å². The van der Waals surface area contributed by atoms with E-state index in [1.165, 1.54) is 154 Å². The molecule has 29 heavy (non-hydrogen) atoms. The van der Waals surface area contributed by atoms with Crippen LogP contribution in [0.15, 0.2) is 0 Å². The summed E-state index contributed by atoms with van der Waals surface area (Å²) in [5.74, 6) is 0. The largest absolute Gasteiger partial charge is 0.381 e. The van der Waals surface area contributed by atoms with E-state index < -0.39 is 0 Å². The fourth-order valence-corrected chi connectivity index (χ4v) is 4.19. The molecule has 0 amide bonds. The first-order valence-electron chi connectivity index (χ1n) is 14.0. The van der Waals surface area contributed by atoms with Gasteiger partial charge in [0, 0.05) is 13.2 Å². The minimum Gasteiger partial charge on any atom is -0.381 e. The average molecular weight is 411 g/mol. The van der Waals surface area contributed by atoms with Gasteiger partial charge >= 0.3 is 0 Å². The Balaban J connectivity index is 2.97. The second-order valence-corrected chi connectivity index (χ2v) is 9.39. The molecule has 0 saturated heterocycles. The SMILES string of the molecule is CCCCCCCCCCCCCCCCCCOCCCCCCCCCC. The van der Waals surface area contributed by atoms with Gasteiger partial charge in [0.15, 0.2) is 0 Å². The normalized spacial score (nSPS) is 11.4. The molecule has 0 fully saturated rings. The lowest BCUT2D eigenvalue weighted by molar-refractivity contribution is 0.125. The number of hydrogen-bond acceptors (Lipinski definition) is 1. The Kier molecular flexibility index (Phi) is 27.9. The van der Waals surface area contributed by atoms with Crippen molar-refractivity contribution in [2.75, 3.05) is 13.2 Å². The molecule has 0 heterocycles. The van der Waals surface area contributed by atoms with Crippen molar-refractivity contribution in [3.05, 3.63) is 0 Å². The zero-order valence-electron chi connectivity index (χ0n) is 20.8. The molecule has 0 aromatic carbocycles. The monoisotopic (exact) mass is 410 g/mol. The molecule has 176 valence electrons. The maximum atomic E-state index is 5.80. The van der Waals surface area contributed by atoms with Gasteiger partial charge in [-0.1, -0.05) is 155 Å². The van der Waals surface area contributed by atoms with Gasteiger partial charge in [0.05, 0.1) is 0 Å². The van der Waals surface area contributed by atoms with E-state index in [0.29, 0.717) is 0 Å². The fourth-order valence-electron chi connectivity index (χ4n) is 4.19. The predicted octanol–water partition coefficient (Wildman–Crippen LogP) is 10.4. The lowest BCUT2D eigenvalue weighted by atomic mass is 10.0. The lowest BCUT2D eigenvalue weighted by Crippen LogP contribution is -1.97. The van der Waals surface area contributed by atoms with Crippen molar-refractivity contribution in [1.29, 1.82) is 0 Å². The highest BCUT2D eigenvalue weighted by molar-refractivity contribution is 4.50. The summed E-state index contributed by atoms with van der Waals surface area (Å²) in [6, 6.07) is 0. The van der Waals surface area contributed by atoms with Gasteiger partial charge < -0.3 is 4.74 Å². The molecule has 1 heteroatoms. The third-order valence-corrected chi connectivity index (χ3v) is 6.28. The first-order valence-corrected chi connectivity index (χ1v) is 14.0. The van der Waals surface area contributed by atoms with E-state index in [9.17, 15) is 0 Å². The van der Waals surface area contributed by atoms with Crippen molar-refractivity contribution < 1.29 is 4.74 Å². The summed E-state index contributed by atoms with van der Waals surface area (Å²) < 4.78 is 5.80. The second kappa shape index (κ2) is 28.0. The quantitative estimate of drug-likeness (QED) is 0.129. The highest BCUT2D eigenvalue weighted by atomic mass is 16.5. The number of hydrogen-bond donors (Lipinski definition) is 0. The summed E-state index contributed by atoms with van der Waals surface area (Å²) in [6.07, 6.45) is 34.1. The Morgan fingerprint density at radius 1 is 0.276 bits per heavy atom. The van der Waals surface area contributed by atoms with Crippen molar-refractivity contribution in [1.82, 2.24) is 0 Å². The molecule has 0 spiro atoms. The minimum atomic E-state index is 0.994. The van der Waals surface area contributed by atoms with Crippen molar-refractivity contribution in [2.24, 2.45) is 0 Å². The van der Waals surface area contributed by atoms with E-state index in [1.807, 2.05) is 0 Å². The van der Waals surface area contributed by atoms with Gasteiger partial charge in [0.25, 0.3) is 0 Å². The first-order chi connectivity index (χ1) is 14.4. The van der Waals surface area contributed by atoms with Crippen LogP contribution >= 0.6 is 0 Å². The van der Waals surface area contributed by atoms with Crippen LogP contribution in [0.1, 0.15) is 168 Å². The molecule has 0 aromatic heterocycles. The fraction of sp³-hybridized carbons (Fsp3) is 1.00. The Morgan fingerprint density at radius 2 is 0.483 bits per heavy atom. The summed E-state index contributed by atoms with van der Waals surface area (Å²) >= 11 is 0. The van der Waals surface area contributed by atoms with E-state index in [-0.39, 0.29) is 0 Å². The van der Waals surface area contributed by atoms with Gasteiger partial charge in [-0.15, -0.1) is 0 Å². The highest BCUT2D eigenvalue weighted by Crippen LogP contribution is 2.14. The third kappa shape index (κ3) is 28.0. The van der Waals surface area contributed by atoms with Gasteiger partial charge in [-0.05, 0) is 12.8 Å². The Morgan fingerprint density at radius 3 is 0.724 bits per heavy atom. The van der Waals surface area contributed by atoms with Crippen molar-refractivity contribution in [2.45, 2.75) is 168 Å². The van der Waals surface area contributed by atoms with E-state index in [2.05, 4.69) is 13.8 Å². The predicted molar refractivity (Wildman–Crippen MR) is 133 cm³/mol. The number of rotatable bonds is 26. The van der Waals surface area contributed by atoms with Gasteiger partial charge in [0.1, 0.15) is 0 Å². The molecule has 0 radical (unpaired) electrons. The van der Waals surface area contributed by atoms with Crippen LogP contribution in [-0.4, -0.2) is 13.2 Å². The number of ether oxygens (including phenoxy) is 1. The molecule has 0 aliphatic carbocycles. The van der Waals surface area contributed by atoms with Crippen LogP contribution in [0.4, 0.5) is 0 Å². The topological polar surface area (TPSA) is 9.23 Å². The molecule has 0 aliphatic rings. The Bertz CT molecular complexity index is 237. The summed E-state index contributed by atoms with van der Waals surface area (Å²) in [5, 5.41) is 0. The van der Waals surface area contributed by atoms with Crippen LogP contribution in [0.3, 0.4) is 0 Å². The highest BCUT2D eigenvalue weighted by Gasteiger charge is 1.96. The zero-order valence-corrected chi connectivity index (χ0v) is 20.8. The van der Waals surface area contributed by atoms with E-state index in [0.717, 1.165) is 13.2 Å². The molecule has 0 N–H and O–H groups in total. The molecule has 0 bridgehead atoms. The first kappa shape index (κ1) is 29.0. The summed E-state index contributed by atoms with van der Waals surface area (Å²) in [4.78, 5) is 0. The number of unbranched alkanes of at least 4 members (excludes halogenated alkanes) is 22. The van der Waals surface area contributed by atoms with Crippen molar-refractivity contribution in [3.8, 4) is 0 Å². The smallest absolute Gasteiger partial charge is 0.0466 e. The summed E-state index contributed by atoms with van der Waals surface area (Å²) in [5.41, 5.74) is 0. The zero-order chi connectivity index (χ0) is 21.1. The molecular weight excluding hydrogens is 352 g/mol. The maximum Gasteiger partial charge on any atom is 0.0466 e. The van der Waals surface area contributed by atoms with Gasteiger partial charge in [-0.3, -0.25) is 0 Å². The molecule has 0 unspecified atom stereocenters. The van der Waals surface area contributed by atoms with Crippen LogP contribution in [0.2, 0.25) is 0 Å². The molecule has 0 atom stereocenters. The molecule has 0 aliphatic heterocycles. The van der Waals surface area contributed by atoms with Crippen LogP contribution in [0, 0.1) is 0 Å². The van der Waals surface area contributed by atoms with Crippen LogP contribution in [-0.2, 0) is 4.74 Å². The van der Waals surface area contributed by atoms with Gasteiger partial charge in [-0.25, -0.2) is 0 Å². The molecule has 0 aromatic rings. The van der Waals surface area contributed by atoms with Gasteiger partial charge in [-0.2, -0.15) is 0 Å². The minimum absolute atomic E-state index is 0.994. The molecule has 0 rings (SSSR count). The summed E-state index contributed by atoms with van der Waals surface area (Å²) in [7, 11) is 0. The van der Waals surface area contributed by atoms with Crippen LogP contribution in [0.5, 0.6) is 0 Å². The molecular formula is C28H58O. The standard InChI is InChI=1S/C28H58O/c1-3-5-7-9-11-13-14-15-16-17-18-19-20-22-24-26-28-29-27-25-23-21-12-10-8-6-4-2/h3-28H2,1-2H3. The van der Waals surface area contributed by atoms with Crippen LogP contribution in [0.25, 0.3) is 0 Å². The second-order valence-electron chi connectivity index (χ2n) is 9.39. The lowest BCUT2D eigenvalue weighted by Gasteiger charge is -2.05. The van der Waals surface area contributed by atoms with Crippen molar-refractivity contribution in [3.63, 3.8) is 0 Å². The molecule has 0 saturated carbocycles. The summed E-state index contributed by atoms with van der Waals surface area (Å²) in [6.45, 7) is 6.58. The maximum absolute atomic E-state index is 5.80. The van der Waals surface area contributed by atoms with E-state index in [1.54, 1.807) is 0 Å². The van der Waals surface area contributed by atoms with E-state index >= 15 is 0 Å². The molecule has 1 nitrogen and oxygen atoms in total. The van der Waals surface area contributed by atoms with Crippen molar-refractivity contribution >= 4 is 0 Å². The Hall–Kier alpha value is -0.0400. The third-order valence-electron chi connectivity index (χ3n) is 6.28. The average Bonchev–Trinajstić information content (AvgIpc) is 2.74. The van der Waals surface area contributed by atoms with Gasteiger partial charge in [0.2, 0.25) is 0 Å². The Labute approximate surface area is 186 Å². The van der Waals surface area contributed by atoms with E-state index in [4.69, 9.17) is 4.74 Å².